The van der Waals surface area contributed by atoms with Gasteiger partial charge in [0.05, 0.1) is 17.5 Å². The number of aryl methyl sites for hydroxylation is 2. The zero-order chi connectivity index (χ0) is 23.6. The van der Waals surface area contributed by atoms with E-state index in [1.54, 1.807) is 18.2 Å². The van der Waals surface area contributed by atoms with E-state index < -0.39 is 17.8 Å². The Labute approximate surface area is 196 Å². The molecule has 1 N–H and O–H groups in total. The maximum atomic E-state index is 12.4. The summed E-state index contributed by atoms with van der Waals surface area (Å²) in [6.45, 7) is 6.04. The van der Waals surface area contributed by atoms with Gasteiger partial charge in [0.25, 0.3) is 11.8 Å². The quantitative estimate of drug-likeness (QED) is 0.187. The second kappa shape index (κ2) is 12.1. The van der Waals surface area contributed by atoms with Crippen LogP contribution >= 0.6 is 0 Å². The zero-order valence-electron chi connectivity index (χ0n) is 19.5. The molecule has 0 aromatic heterocycles. The van der Waals surface area contributed by atoms with Crippen molar-refractivity contribution in [1.82, 2.24) is 5.32 Å². The van der Waals surface area contributed by atoms with Crippen LogP contribution in [0.3, 0.4) is 0 Å². The molecule has 0 saturated carbocycles. The van der Waals surface area contributed by atoms with E-state index in [2.05, 4.69) is 31.0 Å². The number of unbranched alkanes of at least 4 members (excludes halogenated alkanes) is 6. The minimum atomic E-state index is -0.461. The molecule has 1 aliphatic rings. The van der Waals surface area contributed by atoms with Crippen molar-refractivity contribution >= 4 is 17.8 Å². The van der Waals surface area contributed by atoms with Gasteiger partial charge in [-0.25, -0.2) is 0 Å². The Bertz CT molecular complexity index is 1020. The molecule has 1 heterocycles. The summed E-state index contributed by atoms with van der Waals surface area (Å²) in [5.41, 5.74) is 4.59. The van der Waals surface area contributed by atoms with Crippen LogP contribution < -0.4 is 5.32 Å². The maximum absolute atomic E-state index is 12.4. The summed E-state index contributed by atoms with van der Waals surface area (Å²) >= 11 is 0. The van der Waals surface area contributed by atoms with Crippen LogP contribution in [-0.4, -0.2) is 17.8 Å². The van der Waals surface area contributed by atoms with E-state index in [9.17, 15) is 14.4 Å². The number of hydrogen-bond acceptors (Lipinski definition) is 4. The van der Waals surface area contributed by atoms with Crippen molar-refractivity contribution in [1.29, 1.82) is 0 Å². The van der Waals surface area contributed by atoms with Crippen LogP contribution in [-0.2, 0) is 29.0 Å². The Morgan fingerprint density at radius 2 is 1.73 bits per heavy atom. The van der Waals surface area contributed by atoms with Gasteiger partial charge in [0, 0.05) is 0 Å². The molecule has 0 saturated heterocycles. The molecule has 0 unspecified atom stereocenters. The number of ether oxygens (including phenoxy) is 1. The van der Waals surface area contributed by atoms with Gasteiger partial charge < -0.3 is 4.74 Å². The van der Waals surface area contributed by atoms with E-state index in [1.165, 1.54) is 49.7 Å². The number of imide groups is 1. The van der Waals surface area contributed by atoms with Crippen LogP contribution in [0.15, 0.2) is 49.1 Å². The van der Waals surface area contributed by atoms with Crippen molar-refractivity contribution in [2.45, 2.75) is 71.3 Å². The molecule has 5 heteroatoms. The summed E-state index contributed by atoms with van der Waals surface area (Å²) < 4.78 is 5.44. The molecule has 2 amide bonds. The van der Waals surface area contributed by atoms with Gasteiger partial charge in [-0.2, -0.15) is 0 Å². The number of allylic oxidation sites excluding steroid dienone is 1. The molecule has 3 rings (SSSR count). The van der Waals surface area contributed by atoms with Crippen molar-refractivity contribution in [3.05, 3.63) is 82.4 Å². The fourth-order valence-corrected chi connectivity index (χ4v) is 4.25. The first-order valence-corrected chi connectivity index (χ1v) is 11.8. The predicted molar refractivity (Wildman–Crippen MR) is 129 cm³/mol. The Kier molecular flexibility index (Phi) is 8.99. The second-order valence-electron chi connectivity index (χ2n) is 8.67. The molecule has 0 aliphatic carbocycles. The Morgan fingerprint density at radius 3 is 2.48 bits per heavy atom. The fraction of sp³-hybridized carbons (Fsp3) is 0.393. The van der Waals surface area contributed by atoms with E-state index in [0.717, 1.165) is 18.4 Å². The van der Waals surface area contributed by atoms with Crippen molar-refractivity contribution in [2.24, 2.45) is 0 Å². The first kappa shape index (κ1) is 24.4. The maximum Gasteiger partial charge on any atom is 0.310 e. The van der Waals surface area contributed by atoms with Gasteiger partial charge in [-0.15, -0.1) is 6.58 Å². The zero-order valence-corrected chi connectivity index (χ0v) is 19.5. The number of benzene rings is 2. The highest BCUT2D eigenvalue weighted by Gasteiger charge is 2.29. The lowest BCUT2D eigenvalue weighted by atomic mass is 9.99. The van der Waals surface area contributed by atoms with Crippen LogP contribution in [0.1, 0.15) is 87.9 Å². The molecule has 2 aromatic rings. The number of nitrogens with one attached hydrogen (secondary N) is 1. The summed E-state index contributed by atoms with van der Waals surface area (Å²) in [5.74, 6) is -1.31. The second-order valence-corrected chi connectivity index (χ2v) is 8.67. The molecular formula is C28H33NO4. The molecular weight excluding hydrogens is 414 g/mol. The van der Waals surface area contributed by atoms with Crippen molar-refractivity contribution < 1.29 is 19.1 Å². The van der Waals surface area contributed by atoms with Crippen molar-refractivity contribution in [2.75, 3.05) is 0 Å². The highest BCUT2D eigenvalue weighted by atomic mass is 16.5. The summed E-state index contributed by atoms with van der Waals surface area (Å²) in [5, 5.41) is 2.26. The van der Waals surface area contributed by atoms with Gasteiger partial charge in [0.15, 0.2) is 0 Å². The summed E-state index contributed by atoms with van der Waals surface area (Å²) in [4.78, 5) is 36.2. The average Bonchev–Trinajstić information content (AvgIpc) is 3.09. The van der Waals surface area contributed by atoms with Gasteiger partial charge in [0.2, 0.25) is 0 Å². The van der Waals surface area contributed by atoms with E-state index in [-0.39, 0.29) is 18.6 Å². The third-order valence-electron chi connectivity index (χ3n) is 6.10. The van der Waals surface area contributed by atoms with Gasteiger partial charge >= 0.3 is 5.97 Å². The Hall–Kier alpha value is -3.21. The lowest BCUT2D eigenvalue weighted by Gasteiger charge is -2.10. The van der Waals surface area contributed by atoms with Crippen LogP contribution in [0.2, 0.25) is 0 Å². The third-order valence-corrected chi connectivity index (χ3v) is 6.10. The number of hydrogen-bond donors (Lipinski definition) is 1. The van der Waals surface area contributed by atoms with Crippen LogP contribution in [0.4, 0.5) is 0 Å². The number of carbonyl (C=O) groups is 3. The lowest BCUT2D eigenvalue weighted by molar-refractivity contribution is -0.144. The van der Waals surface area contributed by atoms with Crippen molar-refractivity contribution in [3.8, 4) is 0 Å². The molecule has 2 aromatic carbocycles. The van der Waals surface area contributed by atoms with E-state index in [1.807, 2.05) is 12.1 Å². The molecule has 0 fully saturated rings. The van der Waals surface area contributed by atoms with E-state index in [4.69, 9.17) is 4.74 Å². The van der Waals surface area contributed by atoms with Gasteiger partial charge in [-0.1, -0.05) is 62.1 Å². The fourth-order valence-electron chi connectivity index (χ4n) is 4.25. The number of fused-ring (bicyclic) bond motifs is 1. The molecule has 5 nitrogen and oxygen atoms in total. The predicted octanol–water partition coefficient (Wildman–Crippen LogP) is 5.62. The number of rotatable bonds is 13. The highest BCUT2D eigenvalue weighted by molar-refractivity contribution is 6.22. The van der Waals surface area contributed by atoms with Gasteiger partial charge in [0.1, 0.15) is 6.61 Å². The smallest absolute Gasteiger partial charge is 0.310 e. The third kappa shape index (κ3) is 6.88. The van der Waals surface area contributed by atoms with Gasteiger partial charge in [-0.05, 0) is 60.9 Å². The molecule has 33 heavy (non-hydrogen) atoms. The number of esters is 1. The average molecular weight is 448 g/mol. The van der Waals surface area contributed by atoms with E-state index >= 15 is 0 Å². The minimum Gasteiger partial charge on any atom is -0.461 e. The first-order valence-electron chi connectivity index (χ1n) is 11.8. The summed E-state index contributed by atoms with van der Waals surface area (Å²) in [7, 11) is 0. The minimum absolute atomic E-state index is 0.0471. The van der Waals surface area contributed by atoms with Crippen LogP contribution in [0.25, 0.3) is 0 Å². The van der Waals surface area contributed by atoms with Gasteiger partial charge in [-0.3, -0.25) is 19.7 Å². The Morgan fingerprint density at radius 1 is 0.970 bits per heavy atom. The molecule has 0 spiro atoms. The number of carbonyl (C=O) groups excluding carboxylic acids is 3. The van der Waals surface area contributed by atoms with Crippen LogP contribution in [0.5, 0.6) is 0 Å². The van der Waals surface area contributed by atoms with Crippen LogP contribution in [0, 0.1) is 6.92 Å². The monoisotopic (exact) mass is 447 g/mol. The summed E-state index contributed by atoms with van der Waals surface area (Å²) in [6, 6.07) is 11.1. The molecule has 174 valence electrons. The topological polar surface area (TPSA) is 72.5 Å². The normalized spacial score (nSPS) is 12.4. The first-order chi connectivity index (χ1) is 16.0. The largest absolute Gasteiger partial charge is 0.461 e. The van der Waals surface area contributed by atoms with E-state index in [0.29, 0.717) is 11.1 Å². The highest BCUT2D eigenvalue weighted by Crippen LogP contribution is 2.21. The Balaban J connectivity index is 1.43. The summed E-state index contributed by atoms with van der Waals surface area (Å²) in [6.07, 6.45) is 11.7. The molecule has 0 atom stereocenters. The van der Waals surface area contributed by atoms with Crippen molar-refractivity contribution in [3.63, 3.8) is 0 Å². The molecule has 1 aliphatic heterocycles. The lowest BCUT2D eigenvalue weighted by Crippen LogP contribution is -2.20. The standard InChI is InChI=1S/C28H33NO4/c1-3-4-5-6-7-8-9-10-12-22-16-15-21(17-20(22)2)19-33-25(30)18-23-13-11-14-24-26(23)28(32)29-27(24)31/h3,11,13-17H,1,4-10,12,18-19H2,2H3,(H,29,31,32). The number of amides is 2. The SMILES string of the molecule is C=CCCCCCCCCc1ccc(COC(=O)Cc2cccc3c2C(=O)NC3=O)cc1C. The molecule has 0 bridgehead atoms. The molecule has 0 radical (unpaired) electrons.